The zero-order valence-electron chi connectivity index (χ0n) is 15.5. The summed E-state index contributed by atoms with van der Waals surface area (Å²) in [4.78, 5) is 27.0. The predicted octanol–water partition coefficient (Wildman–Crippen LogP) is 2.29. The summed E-state index contributed by atoms with van der Waals surface area (Å²) in [5, 5.41) is 7.47. The van der Waals surface area contributed by atoms with E-state index in [0.717, 1.165) is 11.3 Å². The zero-order valence-corrected chi connectivity index (χ0v) is 16.3. The van der Waals surface area contributed by atoms with Gasteiger partial charge in [-0.3, -0.25) is 9.59 Å². The first-order valence-corrected chi connectivity index (χ1v) is 9.22. The van der Waals surface area contributed by atoms with Crippen LogP contribution in [0, 0.1) is 0 Å². The molecule has 1 aromatic carbocycles. The van der Waals surface area contributed by atoms with E-state index in [-0.39, 0.29) is 17.9 Å². The van der Waals surface area contributed by atoms with Crippen LogP contribution in [0.25, 0.3) is 0 Å². The monoisotopic (exact) mass is 375 g/mol. The van der Waals surface area contributed by atoms with Gasteiger partial charge in [0.1, 0.15) is 11.8 Å². The lowest BCUT2D eigenvalue weighted by molar-refractivity contribution is -0.122. The van der Waals surface area contributed by atoms with Crippen LogP contribution in [0.5, 0.6) is 5.75 Å². The summed E-state index contributed by atoms with van der Waals surface area (Å²) in [5.41, 5.74) is 1.05. The highest BCUT2D eigenvalue weighted by Crippen LogP contribution is 2.22. The number of benzene rings is 1. The molecule has 0 aliphatic rings. The molecule has 2 atom stereocenters. The van der Waals surface area contributed by atoms with Gasteiger partial charge in [0.2, 0.25) is 5.91 Å². The minimum atomic E-state index is -0.613. The number of likely N-dealkylation sites (N-methyl/N-ethyl adjacent to an activating group) is 1. The van der Waals surface area contributed by atoms with Crippen molar-refractivity contribution in [2.75, 3.05) is 27.7 Å². The van der Waals surface area contributed by atoms with Crippen LogP contribution in [0.15, 0.2) is 41.8 Å². The molecule has 0 saturated heterocycles. The molecular weight excluding hydrogens is 350 g/mol. The largest absolute Gasteiger partial charge is 0.497 e. The molecule has 0 fully saturated rings. The van der Waals surface area contributed by atoms with Crippen LogP contribution in [0.3, 0.4) is 0 Å². The van der Waals surface area contributed by atoms with E-state index >= 15 is 0 Å². The van der Waals surface area contributed by atoms with Gasteiger partial charge in [-0.1, -0.05) is 18.2 Å². The number of hydrogen-bond acceptors (Lipinski definition) is 5. The number of nitrogens with zero attached hydrogens (tertiary/aromatic N) is 1. The Kier molecular flexibility index (Phi) is 7.17. The number of thiophene rings is 1. The molecule has 140 valence electrons. The van der Waals surface area contributed by atoms with Crippen LogP contribution in [-0.4, -0.2) is 50.5 Å². The second-order valence-corrected chi connectivity index (χ2v) is 7.12. The maximum Gasteiger partial charge on any atom is 0.261 e. The Morgan fingerprint density at radius 3 is 2.62 bits per heavy atom. The lowest BCUT2D eigenvalue weighted by Gasteiger charge is -2.26. The lowest BCUT2D eigenvalue weighted by Crippen LogP contribution is -2.46. The number of ether oxygens (including phenoxy) is 1. The summed E-state index contributed by atoms with van der Waals surface area (Å²) < 4.78 is 5.28. The second-order valence-electron chi connectivity index (χ2n) is 6.17. The summed E-state index contributed by atoms with van der Waals surface area (Å²) in [6.45, 7) is 2.11. The van der Waals surface area contributed by atoms with E-state index in [0.29, 0.717) is 11.4 Å². The first-order chi connectivity index (χ1) is 12.4. The standard InChI is InChI=1S/C19H25N3O3S/c1-13(21-19(24)17-9-6-10-26-17)18(23)20-12-16(22(2)3)14-7-5-8-15(11-14)25-4/h5-11,13,16H,12H2,1-4H3,(H,20,23)(H,21,24). The average molecular weight is 375 g/mol. The molecule has 6 nitrogen and oxygen atoms in total. The van der Waals surface area contributed by atoms with E-state index in [1.165, 1.54) is 11.3 Å². The highest BCUT2D eigenvalue weighted by molar-refractivity contribution is 7.12. The van der Waals surface area contributed by atoms with Crippen molar-refractivity contribution in [2.24, 2.45) is 0 Å². The third-order valence-corrected chi connectivity index (χ3v) is 4.93. The second kappa shape index (κ2) is 9.35. The minimum absolute atomic E-state index is 0.00533. The molecular formula is C19H25N3O3S. The first kappa shape index (κ1) is 19.9. The molecule has 26 heavy (non-hydrogen) atoms. The normalized spacial score (nSPS) is 13.1. The van der Waals surface area contributed by atoms with Gasteiger partial charge in [-0.2, -0.15) is 0 Å². The fourth-order valence-electron chi connectivity index (χ4n) is 2.54. The minimum Gasteiger partial charge on any atom is -0.497 e. The summed E-state index contributed by atoms with van der Waals surface area (Å²) in [7, 11) is 5.54. The van der Waals surface area contributed by atoms with E-state index in [9.17, 15) is 9.59 Å². The molecule has 1 aromatic heterocycles. The smallest absolute Gasteiger partial charge is 0.261 e. The van der Waals surface area contributed by atoms with Gasteiger partial charge in [0.15, 0.2) is 0 Å². The van der Waals surface area contributed by atoms with Crippen molar-refractivity contribution >= 4 is 23.2 Å². The van der Waals surface area contributed by atoms with Crippen LogP contribution in [0.4, 0.5) is 0 Å². The number of rotatable bonds is 8. The van der Waals surface area contributed by atoms with E-state index in [2.05, 4.69) is 10.6 Å². The van der Waals surface area contributed by atoms with Crippen molar-refractivity contribution < 1.29 is 14.3 Å². The third kappa shape index (κ3) is 5.31. The molecule has 0 bridgehead atoms. The maximum atomic E-state index is 12.4. The van der Waals surface area contributed by atoms with Gasteiger partial charge >= 0.3 is 0 Å². The molecule has 0 aliphatic heterocycles. The molecule has 1 heterocycles. The molecule has 0 spiro atoms. The van der Waals surface area contributed by atoms with Crippen molar-refractivity contribution in [1.29, 1.82) is 0 Å². The number of carbonyl (C=O) groups is 2. The maximum absolute atomic E-state index is 12.4. The van der Waals surface area contributed by atoms with Crippen molar-refractivity contribution in [3.8, 4) is 5.75 Å². The Balaban J connectivity index is 1.95. The summed E-state index contributed by atoms with van der Waals surface area (Å²) in [6.07, 6.45) is 0. The number of nitrogens with one attached hydrogen (secondary N) is 2. The van der Waals surface area contributed by atoms with Crippen molar-refractivity contribution in [2.45, 2.75) is 19.0 Å². The Morgan fingerprint density at radius 2 is 2.00 bits per heavy atom. The van der Waals surface area contributed by atoms with Crippen LogP contribution < -0.4 is 15.4 Å². The molecule has 2 unspecified atom stereocenters. The van der Waals surface area contributed by atoms with E-state index in [1.54, 1.807) is 26.2 Å². The van der Waals surface area contributed by atoms with E-state index < -0.39 is 6.04 Å². The molecule has 0 aliphatic carbocycles. The molecule has 2 amide bonds. The predicted molar refractivity (Wildman–Crippen MR) is 104 cm³/mol. The molecule has 0 radical (unpaired) electrons. The fraction of sp³-hybridized carbons (Fsp3) is 0.368. The van der Waals surface area contributed by atoms with Crippen LogP contribution in [0.2, 0.25) is 0 Å². The van der Waals surface area contributed by atoms with E-state index in [1.807, 2.05) is 48.6 Å². The van der Waals surface area contributed by atoms with Gasteiger partial charge in [0.25, 0.3) is 5.91 Å². The van der Waals surface area contributed by atoms with Crippen LogP contribution >= 0.6 is 11.3 Å². The van der Waals surface area contributed by atoms with Crippen molar-refractivity contribution in [1.82, 2.24) is 15.5 Å². The molecule has 2 N–H and O–H groups in total. The van der Waals surface area contributed by atoms with Gasteiger partial charge in [-0.15, -0.1) is 11.3 Å². The average Bonchev–Trinajstić information content (AvgIpc) is 3.16. The molecule has 7 heteroatoms. The molecule has 0 saturated carbocycles. The highest BCUT2D eigenvalue weighted by Gasteiger charge is 2.20. The zero-order chi connectivity index (χ0) is 19.1. The summed E-state index contributed by atoms with van der Waals surface area (Å²) in [6, 6.07) is 10.7. The van der Waals surface area contributed by atoms with E-state index in [4.69, 9.17) is 4.74 Å². The Labute approximate surface area is 158 Å². The van der Waals surface area contributed by atoms with Gasteiger partial charge < -0.3 is 20.3 Å². The van der Waals surface area contributed by atoms with Gasteiger partial charge in [0.05, 0.1) is 18.0 Å². The van der Waals surface area contributed by atoms with Crippen molar-refractivity contribution in [3.05, 3.63) is 52.2 Å². The fourth-order valence-corrected chi connectivity index (χ4v) is 3.17. The highest BCUT2D eigenvalue weighted by atomic mass is 32.1. The number of carbonyl (C=O) groups excluding carboxylic acids is 2. The number of amides is 2. The molecule has 2 rings (SSSR count). The lowest BCUT2D eigenvalue weighted by atomic mass is 10.1. The first-order valence-electron chi connectivity index (χ1n) is 8.34. The van der Waals surface area contributed by atoms with Crippen molar-refractivity contribution in [3.63, 3.8) is 0 Å². The Bertz CT molecular complexity index is 731. The van der Waals surface area contributed by atoms with Crippen LogP contribution in [0.1, 0.15) is 28.2 Å². The van der Waals surface area contributed by atoms with Gasteiger partial charge in [0, 0.05) is 6.54 Å². The quantitative estimate of drug-likeness (QED) is 0.743. The summed E-state index contributed by atoms with van der Waals surface area (Å²) >= 11 is 1.35. The topological polar surface area (TPSA) is 70.7 Å². The summed E-state index contributed by atoms with van der Waals surface area (Å²) in [5.74, 6) is 0.321. The number of hydrogen-bond donors (Lipinski definition) is 2. The van der Waals surface area contributed by atoms with Gasteiger partial charge in [-0.25, -0.2) is 0 Å². The Hall–Kier alpha value is -2.38. The SMILES string of the molecule is COc1cccc(C(CNC(=O)C(C)NC(=O)c2cccs2)N(C)C)c1. The Morgan fingerprint density at radius 1 is 1.23 bits per heavy atom. The van der Waals surface area contributed by atoms with Gasteiger partial charge in [-0.05, 0) is 50.2 Å². The third-order valence-electron chi connectivity index (χ3n) is 4.06. The number of methoxy groups -OCH3 is 1. The van der Waals surface area contributed by atoms with Crippen LogP contribution in [-0.2, 0) is 4.79 Å². The molecule has 2 aromatic rings.